The van der Waals surface area contributed by atoms with Gasteiger partial charge in [-0.15, -0.1) is 0 Å². The van der Waals surface area contributed by atoms with Crippen LogP contribution in [0.25, 0.3) is 0 Å². The summed E-state index contributed by atoms with van der Waals surface area (Å²) in [7, 11) is 6.26. The van der Waals surface area contributed by atoms with E-state index in [1.165, 1.54) is 23.2 Å². The van der Waals surface area contributed by atoms with Crippen LogP contribution in [0.5, 0.6) is 0 Å². The van der Waals surface area contributed by atoms with Gasteiger partial charge in [0.05, 0.1) is 0 Å². The number of hydrogen-bond donors (Lipinski definition) is 1. The molecule has 2 bridgehead atoms. The Morgan fingerprint density at radius 2 is 1.77 bits per heavy atom. The number of anilines is 2. The third-order valence-electron chi connectivity index (χ3n) is 6.83. The van der Waals surface area contributed by atoms with E-state index in [-0.39, 0.29) is 5.91 Å². The summed E-state index contributed by atoms with van der Waals surface area (Å²) in [6, 6.07) is 15.4. The van der Waals surface area contributed by atoms with Gasteiger partial charge in [-0.05, 0) is 68.6 Å². The Labute approximate surface area is 180 Å². The van der Waals surface area contributed by atoms with Gasteiger partial charge in [-0.25, -0.2) is 0 Å². The molecule has 0 spiro atoms. The van der Waals surface area contributed by atoms with Crippen molar-refractivity contribution >= 4 is 17.3 Å². The molecule has 1 N–H and O–H groups in total. The second-order valence-corrected chi connectivity index (χ2v) is 9.00. The van der Waals surface area contributed by atoms with Crippen molar-refractivity contribution in [1.29, 1.82) is 0 Å². The number of para-hydroxylation sites is 1. The minimum Gasteiger partial charge on any atom is -0.384 e. The van der Waals surface area contributed by atoms with E-state index in [4.69, 9.17) is 0 Å². The SMILES string of the molecule is Cc1cccc2c1NCCC1CCC(CN(C(=O)c3ccc(N(C)C)cc3)C2)N1C. The highest BCUT2D eigenvalue weighted by atomic mass is 16.2. The number of amides is 1. The second-order valence-electron chi connectivity index (χ2n) is 9.00. The van der Waals surface area contributed by atoms with Crippen molar-refractivity contribution in [1.82, 2.24) is 9.80 Å². The maximum absolute atomic E-state index is 13.6. The fourth-order valence-corrected chi connectivity index (χ4v) is 4.90. The maximum Gasteiger partial charge on any atom is 0.254 e. The van der Waals surface area contributed by atoms with Crippen molar-refractivity contribution in [3.05, 3.63) is 59.2 Å². The zero-order valence-corrected chi connectivity index (χ0v) is 18.7. The largest absolute Gasteiger partial charge is 0.384 e. The molecule has 2 aromatic rings. The monoisotopic (exact) mass is 406 g/mol. The van der Waals surface area contributed by atoms with Gasteiger partial charge in [-0.1, -0.05) is 18.2 Å². The van der Waals surface area contributed by atoms with Crippen LogP contribution in [0.15, 0.2) is 42.5 Å². The standard InChI is InChI=1S/C25H34N4O/c1-18-6-5-7-20-16-29(25(30)19-8-10-21(11-9-19)27(2)3)17-23-13-12-22(28(23)4)14-15-26-24(18)20/h5-11,22-23,26H,12-17H2,1-4H3. The summed E-state index contributed by atoms with van der Waals surface area (Å²) in [6.45, 7) is 4.53. The third-order valence-corrected chi connectivity index (χ3v) is 6.83. The fraction of sp³-hybridized carbons (Fsp3) is 0.480. The molecule has 2 aliphatic heterocycles. The smallest absolute Gasteiger partial charge is 0.254 e. The molecule has 160 valence electrons. The van der Waals surface area contributed by atoms with E-state index in [1.807, 2.05) is 38.4 Å². The fourth-order valence-electron chi connectivity index (χ4n) is 4.90. The number of nitrogens with zero attached hydrogens (tertiary/aromatic N) is 3. The average molecular weight is 407 g/mol. The van der Waals surface area contributed by atoms with E-state index in [0.717, 1.165) is 37.2 Å². The van der Waals surface area contributed by atoms with Crippen LogP contribution in [0, 0.1) is 6.92 Å². The van der Waals surface area contributed by atoms with Crippen LogP contribution in [0.1, 0.15) is 40.7 Å². The molecule has 5 heteroatoms. The number of carbonyl (C=O) groups excluding carboxylic acids is 1. The van der Waals surface area contributed by atoms with Crippen LogP contribution < -0.4 is 10.2 Å². The first-order valence-electron chi connectivity index (χ1n) is 11.0. The number of hydrogen-bond acceptors (Lipinski definition) is 4. The Morgan fingerprint density at radius 1 is 1.03 bits per heavy atom. The van der Waals surface area contributed by atoms with E-state index in [1.54, 1.807) is 0 Å². The zero-order chi connectivity index (χ0) is 21.3. The number of aryl methyl sites for hydroxylation is 1. The topological polar surface area (TPSA) is 38.8 Å². The van der Waals surface area contributed by atoms with Gasteiger partial charge in [0.2, 0.25) is 0 Å². The summed E-state index contributed by atoms with van der Waals surface area (Å²) >= 11 is 0. The molecule has 2 aromatic carbocycles. The normalized spacial score (nSPS) is 22.1. The van der Waals surface area contributed by atoms with E-state index in [9.17, 15) is 4.79 Å². The van der Waals surface area contributed by atoms with Gasteiger partial charge in [-0.2, -0.15) is 0 Å². The number of rotatable bonds is 2. The first kappa shape index (κ1) is 20.7. The average Bonchev–Trinajstić information content (AvgIpc) is 3.06. The van der Waals surface area contributed by atoms with Crippen molar-refractivity contribution in [2.75, 3.05) is 44.4 Å². The lowest BCUT2D eigenvalue weighted by molar-refractivity contribution is 0.0689. The Kier molecular flexibility index (Phi) is 6.00. The van der Waals surface area contributed by atoms with Gasteiger partial charge in [-0.3, -0.25) is 9.69 Å². The lowest BCUT2D eigenvalue weighted by Gasteiger charge is -2.31. The predicted octanol–water partition coefficient (Wildman–Crippen LogP) is 3.98. The van der Waals surface area contributed by atoms with E-state index in [0.29, 0.717) is 18.6 Å². The summed E-state index contributed by atoms with van der Waals surface area (Å²) in [5.74, 6) is 0.115. The van der Waals surface area contributed by atoms with Crippen molar-refractivity contribution in [3.63, 3.8) is 0 Å². The molecule has 0 radical (unpaired) electrons. The lowest BCUT2D eigenvalue weighted by atomic mass is 10.0. The van der Waals surface area contributed by atoms with Gasteiger partial charge in [0.25, 0.3) is 5.91 Å². The third kappa shape index (κ3) is 4.17. The van der Waals surface area contributed by atoms with E-state index in [2.05, 4.69) is 52.2 Å². The highest BCUT2D eigenvalue weighted by molar-refractivity contribution is 5.94. The molecule has 5 nitrogen and oxygen atoms in total. The molecule has 0 aliphatic carbocycles. The van der Waals surface area contributed by atoms with E-state index >= 15 is 0 Å². The molecule has 2 heterocycles. The highest BCUT2D eigenvalue weighted by Gasteiger charge is 2.33. The molecule has 2 atom stereocenters. The van der Waals surface area contributed by atoms with Crippen LogP contribution in [0.4, 0.5) is 11.4 Å². The van der Waals surface area contributed by atoms with Crippen LogP contribution in [0.2, 0.25) is 0 Å². The van der Waals surface area contributed by atoms with Crippen LogP contribution >= 0.6 is 0 Å². The minimum absolute atomic E-state index is 0.115. The molecule has 1 fully saturated rings. The summed E-state index contributed by atoms with van der Waals surface area (Å²) < 4.78 is 0. The van der Waals surface area contributed by atoms with Crippen molar-refractivity contribution in [2.45, 2.75) is 44.8 Å². The number of benzene rings is 2. The Hall–Kier alpha value is -2.53. The first-order chi connectivity index (χ1) is 14.4. The molecular formula is C25H34N4O. The van der Waals surface area contributed by atoms with Crippen molar-refractivity contribution < 1.29 is 4.79 Å². The number of fused-ring (bicyclic) bond motifs is 3. The summed E-state index contributed by atoms with van der Waals surface area (Å²) in [6.07, 6.45) is 3.51. The Balaban J connectivity index is 1.67. The van der Waals surface area contributed by atoms with Gasteiger partial charge in [0.15, 0.2) is 0 Å². The van der Waals surface area contributed by atoms with Crippen LogP contribution in [0.3, 0.4) is 0 Å². The molecule has 4 rings (SSSR count). The van der Waals surface area contributed by atoms with Crippen LogP contribution in [-0.4, -0.2) is 62.0 Å². The lowest BCUT2D eigenvalue weighted by Crippen LogP contribution is -2.43. The van der Waals surface area contributed by atoms with Gasteiger partial charge in [0.1, 0.15) is 0 Å². The summed E-state index contributed by atoms with van der Waals surface area (Å²) in [5.41, 5.74) is 5.50. The van der Waals surface area contributed by atoms with Gasteiger partial charge >= 0.3 is 0 Å². The number of nitrogens with one attached hydrogen (secondary N) is 1. The molecule has 2 unspecified atom stereocenters. The summed E-state index contributed by atoms with van der Waals surface area (Å²) in [5, 5.41) is 3.68. The van der Waals surface area contributed by atoms with Gasteiger partial charge < -0.3 is 15.1 Å². The van der Waals surface area contributed by atoms with Crippen molar-refractivity contribution in [3.8, 4) is 0 Å². The molecular weight excluding hydrogens is 372 g/mol. The second kappa shape index (κ2) is 8.68. The molecule has 0 saturated carbocycles. The van der Waals surface area contributed by atoms with Crippen molar-refractivity contribution in [2.24, 2.45) is 0 Å². The molecule has 30 heavy (non-hydrogen) atoms. The molecule has 1 saturated heterocycles. The van der Waals surface area contributed by atoms with Crippen LogP contribution in [-0.2, 0) is 6.54 Å². The zero-order valence-electron chi connectivity index (χ0n) is 18.7. The predicted molar refractivity (Wildman–Crippen MR) is 124 cm³/mol. The van der Waals surface area contributed by atoms with E-state index < -0.39 is 0 Å². The van der Waals surface area contributed by atoms with Gasteiger partial charge in [0, 0.05) is 62.8 Å². The molecule has 2 aliphatic rings. The highest BCUT2D eigenvalue weighted by Crippen LogP contribution is 2.30. The Bertz CT molecular complexity index is 893. The summed E-state index contributed by atoms with van der Waals surface area (Å²) in [4.78, 5) is 20.2. The number of likely N-dealkylation sites (N-methyl/N-ethyl adjacent to an activating group) is 1. The quantitative estimate of drug-likeness (QED) is 0.819. The molecule has 1 amide bonds. The maximum atomic E-state index is 13.6. The Morgan fingerprint density at radius 3 is 2.50 bits per heavy atom. The minimum atomic E-state index is 0.115. The first-order valence-corrected chi connectivity index (χ1v) is 11.0. The number of carbonyl (C=O) groups is 1. The molecule has 0 aromatic heterocycles.